The van der Waals surface area contributed by atoms with Crippen molar-refractivity contribution in [1.29, 1.82) is 0 Å². The highest BCUT2D eigenvalue weighted by Gasteiger charge is 2.20. The van der Waals surface area contributed by atoms with Crippen LogP contribution in [0.3, 0.4) is 0 Å². The Labute approximate surface area is 140 Å². The van der Waals surface area contributed by atoms with E-state index in [1.807, 2.05) is 31.2 Å². The van der Waals surface area contributed by atoms with E-state index in [0.29, 0.717) is 0 Å². The maximum atomic E-state index is 11.8. The first-order chi connectivity index (χ1) is 10.8. The summed E-state index contributed by atoms with van der Waals surface area (Å²) in [5.74, 6) is -1.07. The number of benzene rings is 1. The lowest BCUT2D eigenvalue weighted by atomic mass is 10.2. The third kappa shape index (κ3) is 7.19. The highest BCUT2D eigenvalue weighted by Crippen LogP contribution is 2.21. The molecule has 0 spiro atoms. The SMILES string of the molecule is Cc1ccccc1SCC(=O)O[C@@H](C)C(=O)NC(=O)NC(C)C. The number of esters is 1. The van der Waals surface area contributed by atoms with E-state index in [0.717, 1.165) is 10.5 Å². The second kappa shape index (κ2) is 9.19. The van der Waals surface area contributed by atoms with Crippen LogP contribution in [0.4, 0.5) is 4.79 Å². The van der Waals surface area contributed by atoms with Gasteiger partial charge in [-0.25, -0.2) is 4.79 Å². The minimum absolute atomic E-state index is 0.0915. The minimum atomic E-state index is -1.03. The first kappa shape index (κ1) is 19.0. The average Bonchev–Trinajstić information content (AvgIpc) is 2.45. The van der Waals surface area contributed by atoms with E-state index in [1.54, 1.807) is 13.8 Å². The van der Waals surface area contributed by atoms with Crippen molar-refractivity contribution < 1.29 is 19.1 Å². The Morgan fingerprint density at radius 2 is 1.83 bits per heavy atom. The maximum Gasteiger partial charge on any atom is 0.321 e. The van der Waals surface area contributed by atoms with Crippen molar-refractivity contribution in [3.05, 3.63) is 29.8 Å². The quantitative estimate of drug-likeness (QED) is 0.614. The molecule has 0 heterocycles. The molecule has 126 valence electrons. The molecule has 6 nitrogen and oxygen atoms in total. The Hall–Kier alpha value is -2.02. The van der Waals surface area contributed by atoms with Gasteiger partial charge in [-0.3, -0.25) is 14.9 Å². The molecule has 0 aliphatic carbocycles. The van der Waals surface area contributed by atoms with E-state index in [9.17, 15) is 14.4 Å². The van der Waals surface area contributed by atoms with Crippen LogP contribution in [0.1, 0.15) is 26.3 Å². The molecular weight excluding hydrogens is 316 g/mol. The predicted octanol–water partition coefficient (Wildman–Crippen LogP) is 2.25. The Bertz CT molecular complexity index is 575. The number of amides is 3. The summed E-state index contributed by atoms with van der Waals surface area (Å²) in [5, 5.41) is 4.65. The summed E-state index contributed by atoms with van der Waals surface area (Å²) in [5.41, 5.74) is 1.07. The molecule has 7 heteroatoms. The summed E-state index contributed by atoms with van der Waals surface area (Å²) in [4.78, 5) is 35.9. The number of rotatable bonds is 6. The normalized spacial score (nSPS) is 11.7. The molecule has 0 saturated carbocycles. The van der Waals surface area contributed by atoms with Crippen molar-refractivity contribution in [3.63, 3.8) is 0 Å². The minimum Gasteiger partial charge on any atom is -0.452 e. The Kier molecular flexibility index (Phi) is 7.61. The third-order valence-electron chi connectivity index (χ3n) is 2.77. The van der Waals surface area contributed by atoms with Gasteiger partial charge in [-0.15, -0.1) is 11.8 Å². The highest BCUT2D eigenvalue weighted by atomic mass is 32.2. The fraction of sp³-hybridized carbons (Fsp3) is 0.438. The molecule has 0 aliphatic heterocycles. The van der Waals surface area contributed by atoms with Crippen molar-refractivity contribution in [2.45, 2.75) is 44.7 Å². The smallest absolute Gasteiger partial charge is 0.321 e. The Balaban J connectivity index is 2.39. The number of carbonyl (C=O) groups is 3. The number of nitrogens with one attached hydrogen (secondary N) is 2. The molecule has 3 amide bonds. The van der Waals surface area contributed by atoms with Crippen molar-refractivity contribution >= 4 is 29.7 Å². The standard InChI is InChI=1S/C16H22N2O4S/c1-10(2)17-16(21)18-15(20)12(4)22-14(19)9-23-13-8-6-5-7-11(13)3/h5-8,10,12H,9H2,1-4H3,(H2,17,18,20,21)/t12-/m0/s1. The van der Waals surface area contributed by atoms with Crippen LogP contribution in [0.15, 0.2) is 29.2 Å². The van der Waals surface area contributed by atoms with Crippen LogP contribution in [0.2, 0.25) is 0 Å². The first-order valence-corrected chi connectivity index (χ1v) is 8.27. The fourth-order valence-corrected chi connectivity index (χ4v) is 2.46. The number of hydrogen-bond donors (Lipinski definition) is 2. The highest BCUT2D eigenvalue weighted by molar-refractivity contribution is 8.00. The molecule has 23 heavy (non-hydrogen) atoms. The van der Waals surface area contributed by atoms with Crippen LogP contribution in [-0.4, -0.2) is 35.8 Å². The van der Waals surface area contributed by atoms with E-state index < -0.39 is 24.0 Å². The third-order valence-corrected chi connectivity index (χ3v) is 3.92. The number of aryl methyl sites for hydroxylation is 1. The van der Waals surface area contributed by atoms with Crippen LogP contribution >= 0.6 is 11.8 Å². The summed E-state index contributed by atoms with van der Waals surface area (Å²) in [7, 11) is 0. The van der Waals surface area contributed by atoms with Gasteiger partial charge in [0.1, 0.15) is 0 Å². The molecule has 1 aromatic carbocycles. The predicted molar refractivity (Wildman–Crippen MR) is 89.3 cm³/mol. The van der Waals surface area contributed by atoms with Gasteiger partial charge in [0.15, 0.2) is 6.10 Å². The largest absolute Gasteiger partial charge is 0.452 e. The lowest BCUT2D eigenvalue weighted by molar-refractivity contribution is -0.151. The summed E-state index contributed by atoms with van der Waals surface area (Å²) in [6.45, 7) is 6.93. The molecular formula is C16H22N2O4S. The average molecular weight is 338 g/mol. The van der Waals surface area contributed by atoms with Crippen LogP contribution in [-0.2, 0) is 14.3 Å². The molecule has 0 unspecified atom stereocenters. The molecule has 2 N–H and O–H groups in total. The zero-order valence-corrected chi connectivity index (χ0v) is 14.5. The molecule has 0 bridgehead atoms. The van der Waals surface area contributed by atoms with Crippen molar-refractivity contribution in [2.24, 2.45) is 0 Å². The summed E-state index contributed by atoms with van der Waals surface area (Å²) in [6.07, 6.45) is -1.03. The molecule has 1 aromatic rings. The molecule has 0 aliphatic rings. The van der Waals surface area contributed by atoms with E-state index in [2.05, 4.69) is 10.6 Å². The van der Waals surface area contributed by atoms with Crippen molar-refractivity contribution in [1.82, 2.24) is 10.6 Å². The zero-order chi connectivity index (χ0) is 17.4. The maximum absolute atomic E-state index is 11.8. The fourth-order valence-electron chi connectivity index (χ4n) is 1.65. The molecule has 0 saturated heterocycles. The molecule has 1 rings (SSSR count). The van der Waals surface area contributed by atoms with E-state index in [4.69, 9.17) is 4.74 Å². The lowest BCUT2D eigenvalue weighted by Gasteiger charge is -2.14. The number of ether oxygens (including phenoxy) is 1. The van der Waals surface area contributed by atoms with Gasteiger partial charge in [-0.1, -0.05) is 18.2 Å². The monoisotopic (exact) mass is 338 g/mol. The Morgan fingerprint density at radius 3 is 2.43 bits per heavy atom. The Morgan fingerprint density at radius 1 is 1.17 bits per heavy atom. The van der Waals surface area contributed by atoms with E-state index in [-0.39, 0.29) is 11.8 Å². The van der Waals surface area contributed by atoms with Crippen molar-refractivity contribution in [3.8, 4) is 0 Å². The van der Waals surface area contributed by atoms with Crippen LogP contribution < -0.4 is 10.6 Å². The van der Waals surface area contributed by atoms with Crippen molar-refractivity contribution in [2.75, 3.05) is 5.75 Å². The van der Waals surface area contributed by atoms with Gasteiger partial charge in [0, 0.05) is 10.9 Å². The topological polar surface area (TPSA) is 84.5 Å². The van der Waals surface area contributed by atoms with Crippen LogP contribution in [0, 0.1) is 6.92 Å². The number of imide groups is 1. The second-order valence-electron chi connectivity index (χ2n) is 5.30. The molecule has 0 fully saturated rings. The molecule has 1 atom stereocenters. The van der Waals surface area contributed by atoms with Gasteiger partial charge in [-0.05, 0) is 39.3 Å². The summed E-state index contributed by atoms with van der Waals surface area (Å²) in [6, 6.07) is 6.99. The zero-order valence-electron chi connectivity index (χ0n) is 13.7. The number of urea groups is 1. The van der Waals surface area contributed by atoms with Crippen LogP contribution in [0.5, 0.6) is 0 Å². The molecule has 0 aromatic heterocycles. The number of thioether (sulfide) groups is 1. The number of hydrogen-bond acceptors (Lipinski definition) is 5. The van der Waals surface area contributed by atoms with E-state index >= 15 is 0 Å². The van der Waals surface area contributed by atoms with Gasteiger partial charge in [-0.2, -0.15) is 0 Å². The summed E-state index contributed by atoms with van der Waals surface area (Å²) < 4.78 is 5.03. The summed E-state index contributed by atoms with van der Waals surface area (Å²) >= 11 is 1.35. The van der Waals surface area contributed by atoms with Gasteiger partial charge < -0.3 is 10.1 Å². The van der Waals surface area contributed by atoms with Gasteiger partial charge in [0.05, 0.1) is 5.75 Å². The second-order valence-corrected chi connectivity index (χ2v) is 6.32. The van der Waals surface area contributed by atoms with Gasteiger partial charge in [0.2, 0.25) is 0 Å². The lowest BCUT2D eigenvalue weighted by Crippen LogP contribution is -2.46. The molecule has 0 radical (unpaired) electrons. The van der Waals surface area contributed by atoms with Gasteiger partial charge >= 0.3 is 12.0 Å². The van der Waals surface area contributed by atoms with E-state index in [1.165, 1.54) is 18.7 Å². The first-order valence-electron chi connectivity index (χ1n) is 7.29. The van der Waals surface area contributed by atoms with Gasteiger partial charge in [0.25, 0.3) is 5.91 Å². The number of carbonyl (C=O) groups excluding carboxylic acids is 3. The van der Waals surface area contributed by atoms with Crippen LogP contribution in [0.25, 0.3) is 0 Å².